The van der Waals surface area contributed by atoms with Gasteiger partial charge in [0.25, 0.3) is 0 Å². The molecule has 0 saturated heterocycles. The summed E-state index contributed by atoms with van der Waals surface area (Å²) in [5.41, 5.74) is 9.99. The van der Waals surface area contributed by atoms with Crippen LogP contribution >= 0.6 is 0 Å². The minimum absolute atomic E-state index is 0.560. The van der Waals surface area contributed by atoms with Gasteiger partial charge in [-0.05, 0) is 12.5 Å². The Kier molecular flexibility index (Phi) is 3.25. The average Bonchev–Trinajstić information content (AvgIpc) is 2.46. The van der Waals surface area contributed by atoms with Gasteiger partial charge in [-0.2, -0.15) is 0 Å². The minimum atomic E-state index is 0.560. The molecule has 0 saturated carbocycles. The number of fused-ring (bicyclic) bond motifs is 2. The Morgan fingerprint density at radius 2 is 2.32 bits per heavy atom. The van der Waals surface area contributed by atoms with Gasteiger partial charge in [0.15, 0.2) is 0 Å². The number of anilines is 1. The molecule has 0 unspecified atom stereocenters. The first-order chi connectivity index (χ1) is 9.31. The van der Waals surface area contributed by atoms with E-state index >= 15 is 0 Å². The van der Waals surface area contributed by atoms with Crippen LogP contribution < -0.4 is 10.5 Å². The lowest BCUT2D eigenvalue weighted by Gasteiger charge is -2.20. The Balaban J connectivity index is 2.17. The number of para-hydroxylation sites is 1. The summed E-state index contributed by atoms with van der Waals surface area (Å²) in [5.74, 6) is 0.820. The minimum Gasteiger partial charge on any atom is -0.491 e. The van der Waals surface area contributed by atoms with Gasteiger partial charge in [0.1, 0.15) is 11.3 Å². The van der Waals surface area contributed by atoms with Crippen LogP contribution in [0, 0.1) is 0 Å². The summed E-state index contributed by atoms with van der Waals surface area (Å²) in [5, 5.41) is 0.956. The van der Waals surface area contributed by atoms with E-state index in [1.807, 2.05) is 18.2 Å². The summed E-state index contributed by atoms with van der Waals surface area (Å²) in [4.78, 5) is 4.74. The van der Waals surface area contributed by atoms with Gasteiger partial charge >= 0.3 is 0 Å². The van der Waals surface area contributed by atoms with Crippen LogP contribution in [0.5, 0.6) is 5.75 Å². The van der Waals surface area contributed by atoms with Crippen LogP contribution in [0.2, 0.25) is 0 Å². The normalized spacial score (nSPS) is 14.4. The molecule has 0 radical (unpaired) electrons. The Morgan fingerprint density at radius 3 is 3.16 bits per heavy atom. The number of nitrogen functional groups attached to an aromatic ring is 1. The molecule has 0 aliphatic carbocycles. The van der Waals surface area contributed by atoms with Gasteiger partial charge < -0.3 is 15.2 Å². The number of hydrogen-bond acceptors (Lipinski definition) is 4. The van der Waals surface area contributed by atoms with Gasteiger partial charge in [-0.1, -0.05) is 19.1 Å². The van der Waals surface area contributed by atoms with Crippen LogP contribution in [-0.4, -0.2) is 18.2 Å². The Hall–Kier alpha value is -1.81. The Morgan fingerprint density at radius 1 is 1.42 bits per heavy atom. The second-order valence-corrected chi connectivity index (χ2v) is 4.75. The van der Waals surface area contributed by atoms with E-state index in [0.717, 1.165) is 46.4 Å². The van der Waals surface area contributed by atoms with E-state index < -0.39 is 0 Å². The molecule has 4 nitrogen and oxygen atoms in total. The van der Waals surface area contributed by atoms with Gasteiger partial charge in [0.05, 0.1) is 25.5 Å². The summed E-state index contributed by atoms with van der Waals surface area (Å²) >= 11 is 0. The maximum atomic E-state index is 6.26. The molecule has 0 spiro atoms. The van der Waals surface area contributed by atoms with E-state index in [0.29, 0.717) is 19.8 Å². The van der Waals surface area contributed by atoms with Gasteiger partial charge in [0, 0.05) is 23.1 Å². The molecular formula is C15H18N2O2. The predicted octanol–water partition coefficient (Wildman–Crippen LogP) is 2.68. The largest absolute Gasteiger partial charge is 0.491 e. The zero-order valence-electron chi connectivity index (χ0n) is 11.1. The molecule has 2 N–H and O–H groups in total. The van der Waals surface area contributed by atoms with Gasteiger partial charge in [-0.25, -0.2) is 4.98 Å². The first-order valence-electron chi connectivity index (χ1n) is 6.71. The molecule has 4 heteroatoms. The molecule has 3 rings (SSSR count). The highest BCUT2D eigenvalue weighted by Crippen LogP contribution is 2.33. The van der Waals surface area contributed by atoms with E-state index in [4.69, 9.17) is 20.2 Å². The van der Waals surface area contributed by atoms with E-state index in [1.54, 1.807) is 0 Å². The van der Waals surface area contributed by atoms with Crippen LogP contribution in [-0.2, 0) is 17.8 Å². The van der Waals surface area contributed by atoms with Crippen molar-refractivity contribution in [2.45, 2.75) is 26.4 Å². The third-order valence-electron chi connectivity index (χ3n) is 3.40. The Bertz CT molecular complexity index is 611. The Labute approximate surface area is 112 Å². The van der Waals surface area contributed by atoms with Gasteiger partial charge in [0.2, 0.25) is 0 Å². The first kappa shape index (κ1) is 12.2. The van der Waals surface area contributed by atoms with E-state index in [2.05, 4.69) is 6.92 Å². The van der Waals surface area contributed by atoms with Crippen molar-refractivity contribution in [3.8, 4) is 5.75 Å². The van der Waals surface area contributed by atoms with Crippen molar-refractivity contribution in [1.29, 1.82) is 0 Å². The third kappa shape index (κ3) is 2.12. The zero-order chi connectivity index (χ0) is 13.2. The molecule has 2 aromatic rings. The number of aromatic nitrogens is 1. The smallest absolute Gasteiger partial charge is 0.145 e. The molecule has 1 aliphatic rings. The summed E-state index contributed by atoms with van der Waals surface area (Å²) in [6.45, 7) is 4.06. The van der Waals surface area contributed by atoms with Crippen molar-refractivity contribution in [2.75, 3.05) is 18.9 Å². The molecule has 100 valence electrons. The summed E-state index contributed by atoms with van der Waals surface area (Å²) in [7, 11) is 0. The SMILES string of the molecule is CCCOc1cccc2c(N)c3c(nc12)CCOC3. The highest BCUT2D eigenvalue weighted by molar-refractivity contribution is 5.95. The van der Waals surface area contributed by atoms with Crippen LogP contribution in [0.4, 0.5) is 5.69 Å². The number of nitrogens with two attached hydrogens (primary N) is 1. The van der Waals surface area contributed by atoms with Crippen LogP contribution in [0.3, 0.4) is 0 Å². The number of pyridine rings is 1. The van der Waals surface area contributed by atoms with Crippen LogP contribution in [0.25, 0.3) is 10.9 Å². The lowest BCUT2D eigenvalue weighted by molar-refractivity contribution is 0.110. The number of hydrogen-bond donors (Lipinski definition) is 1. The van der Waals surface area contributed by atoms with Crippen molar-refractivity contribution in [2.24, 2.45) is 0 Å². The molecule has 1 aromatic carbocycles. The highest BCUT2D eigenvalue weighted by atomic mass is 16.5. The molecule has 1 aliphatic heterocycles. The monoisotopic (exact) mass is 258 g/mol. The molecule has 1 aromatic heterocycles. The van der Waals surface area contributed by atoms with E-state index in [-0.39, 0.29) is 0 Å². The van der Waals surface area contributed by atoms with Crippen molar-refractivity contribution < 1.29 is 9.47 Å². The molecular weight excluding hydrogens is 240 g/mol. The molecule has 0 amide bonds. The zero-order valence-corrected chi connectivity index (χ0v) is 11.1. The molecule has 0 bridgehead atoms. The topological polar surface area (TPSA) is 57.4 Å². The van der Waals surface area contributed by atoms with E-state index in [9.17, 15) is 0 Å². The van der Waals surface area contributed by atoms with Crippen LogP contribution in [0.15, 0.2) is 18.2 Å². The number of ether oxygens (including phenoxy) is 2. The molecule has 2 heterocycles. The summed E-state index contributed by atoms with van der Waals surface area (Å²) in [6, 6.07) is 5.91. The summed E-state index contributed by atoms with van der Waals surface area (Å²) in [6.07, 6.45) is 1.79. The molecule has 19 heavy (non-hydrogen) atoms. The van der Waals surface area contributed by atoms with Gasteiger partial charge in [-0.3, -0.25) is 0 Å². The van der Waals surface area contributed by atoms with Crippen molar-refractivity contribution >= 4 is 16.6 Å². The fourth-order valence-electron chi connectivity index (χ4n) is 2.41. The fourth-order valence-corrected chi connectivity index (χ4v) is 2.41. The van der Waals surface area contributed by atoms with Crippen molar-refractivity contribution in [1.82, 2.24) is 4.98 Å². The predicted molar refractivity (Wildman–Crippen MR) is 75.3 cm³/mol. The maximum absolute atomic E-state index is 6.26. The lowest BCUT2D eigenvalue weighted by atomic mass is 10.0. The van der Waals surface area contributed by atoms with Crippen molar-refractivity contribution in [3.05, 3.63) is 29.5 Å². The van der Waals surface area contributed by atoms with Crippen LogP contribution in [0.1, 0.15) is 24.6 Å². The second-order valence-electron chi connectivity index (χ2n) is 4.75. The van der Waals surface area contributed by atoms with E-state index in [1.165, 1.54) is 0 Å². The molecule has 0 fully saturated rings. The lowest BCUT2D eigenvalue weighted by Crippen LogP contribution is -2.14. The quantitative estimate of drug-likeness (QED) is 0.919. The second kappa shape index (κ2) is 5.05. The fraction of sp³-hybridized carbons (Fsp3) is 0.400. The van der Waals surface area contributed by atoms with Gasteiger partial charge in [-0.15, -0.1) is 0 Å². The van der Waals surface area contributed by atoms with Crippen molar-refractivity contribution in [3.63, 3.8) is 0 Å². The first-order valence-corrected chi connectivity index (χ1v) is 6.71. The maximum Gasteiger partial charge on any atom is 0.145 e. The third-order valence-corrected chi connectivity index (χ3v) is 3.40. The number of benzene rings is 1. The average molecular weight is 258 g/mol. The summed E-state index contributed by atoms with van der Waals surface area (Å²) < 4.78 is 11.2. The highest BCUT2D eigenvalue weighted by Gasteiger charge is 2.18. The number of nitrogens with zero attached hydrogens (tertiary/aromatic N) is 1. The number of rotatable bonds is 3. The molecule has 0 atom stereocenters. The standard InChI is InChI=1S/C15H18N2O2/c1-2-7-19-13-5-3-4-10-14(16)11-9-18-8-6-12(11)17-15(10)13/h3-5H,2,6-9H2,1H3,(H2,16,17).